The number of nitrogens with two attached hydrogens (primary N) is 1. The van der Waals surface area contributed by atoms with Crippen LogP contribution in [-0.2, 0) is 17.1 Å². The number of carbonyl (C=O) groups excluding carboxylic acids is 2. The third kappa shape index (κ3) is 5.42. The van der Waals surface area contributed by atoms with Gasteiger partial charge in [0.05, 0.1) is 23.7 Å². The molecule has 0 spiro atoms. The Balaban J connectivity index is 1.47. The number of thioether (sulfide) groups is 1. The van der Waals surface area contributed by atoms with Gasteiger partial charge in [0.2, 0.25) is 5.91 Å². The number of likely N-dealkylation sites (tertiary alicyclic amines) is 1. The smallest absolute Gasteiger partial charge is 0.262 e. The highest BCUT2D eigenvalue weighted by atomic mass is 35.5. The summed E-state index contributed by atoms with van der Waals surface area (Å²) in [6.07, 6.45) is 2.66. The number of piperidine rings is 1. The first-order chi connectivity index (χ1) is 17.9. The summed E-state index contributed by atoms with van der Waals surface area (Å²) in [5.74, 6) is 0.469. The zero-order valence-corrected chi connectivity index (χ0v) is 21.5. The molecule has 5 rings (SSSR count). The number of benzene rings is 2. The number of rotatable bonds is 7. The second-order valence-corrected chi connectivity index (χ2v) is 10.3. The van der Waals surface area contributed by atoms with Crippen molar-refractivity contribution in [1.29, 1.82) is 0 Å². The van der Waals surface area contributed by atoms with Crippen molar-refractivity contribution >= 4 is 46.1 Å². The van der Waals surface area contributed by atoms with E-state index in [1.165, 1.54) is 11.8 Å². The summed E-state index contributed by atoms with van der Waals surface area (Å²) >= 11 is 7.74. The molecule has 0 aliphatic carbocycles. The molecule has 0 atom stereocenters. The van der Waals surface area contributed by atoms with Gasteiger partial charge in [-0.25, -0.2) is 4.98 Å². The molecule has 0 radical (unpaired) electrons. The van der Waals surface area contributed by atoms with Crippen LogP contribution in [0, 0.1) is 5.92 Å². The number of fused-ring (bicyclic) bond motifs is 1. The highest BCUT2D eigenvalue weighted by Crippen LogP contribution is 2.27. The van der Waals surface area contributed by atoms with E-state index in [4.69, 9.17) is 26.7 Å². The van der Waals surface area contributed by atoms with Crippen molar-refractivity contribution in [2.45, 2.75) is 30.3 Å². The summed E-state index contributed by atoms with van der Waals surface area (Å²) in [7, 11) is 0. The first-order valence-electron chi connectivity index (χ1n) is 11.9. The highest BCUT2D eigenvalue weighted by Gasteiger charge is 2.27. The van der Waals surface area contributed by atoms with Gasteiger partial charge in [0.15, 0.2) is 5.16 Å². The number of carbonyl (C=O) groups is 2. The first-order valence-corrected chi connectivity index (χ1v) is 13.3. The van der Waals surface area contributed by atoms with E-state index in [1.54, 1.807) is 40.0 Å². The second kappa shape index (κ2) is 10.8. The summed E-state index contributed by atoms with van der Waals surface area (Å²) in [4.78, 5) is 44.7. The fraction of sp³-hybridized carbons (Fsp3) is 0.259. The average Bonchev–Trinajstić information content (AvgIpc) is 3.43. The molecular formula is C27H25ClN4O4S. The van der Waals surface area contributed by atoms with Crippen molar-refractivity contribution in [2.24, 2.45) is 11.7 Å². The number of furan rings is 1. The van der Waals surface area contributed by atoms with Gasteiger partial charge >= 0.3 is 0 Å². The molecule has 2 aromatic carbocycles. The Kier molecular flexibility index (Phi) is 7.34. The van der Waals surface area contributed by atoms with Crippen molar-refractivity contribution in [3.8, 4) is 0 Å². The fourth-order valence-corrected chi connectivity index (χ4v) is 5.73. The summed E-state index contributed by atoms with van der Waals surface area (Å²) in [5.41, 5.74) is 7.02. The largest absolute Gasteiger partial charge is 0.467 e. The number of amides is 2. The first kappa shape index (κ1) is 25.1. The minimum atomic E-state index is -0.324. The van der Waals surface area contributed by atoms with Gasteiger partial charge < -0.3 is 15.1 Å². The van der Waals surface area contributed by atoms with E-state index in [9.17, 15) is 14.4 Å². The Morgan fingerprint density at radius 2 is 1.89 bits per heavy atom. The normalized spacial score (nSPS) is 14.2. The number of hydrogen-bond donors (Lipinski definition) is 1. The van der Waals surface area contributed by atoms with Crippen LogP contribution in [-0.4, -0.2) is 39.4 Å². The molecule has 2 N–H and O–H groups in total. The van der Waals surface area contributed by atoms with E-state index >= 15 is 0 Å². The van der Waals surface area contributed by atoms with Crippen LogP contribution in [0.5, 0.6) is 0 Å². The second-order valence-electron chi connectivity index (χ2n) is 8.95. The lowest BCUT2D eigenvalue weighted by molar-refractivity contribution is -0.123. The standard InChI is InChI=1S/C27H25ClN4O4S/c28-22-6-2-1-4-19(22)16-37-27-30-23-14-18(25(34)31-11-9-17(10-12-31)24(29)33)7-8-21(23)26(35)32(27)15-20-5-3-13-36-20/h1-8,13-14,17H,9-12,15-16H2,(H2,29,33). The predicted molar refractivity (Wildman–Crippen MR) is 143 cm³/mol. The summed E-state index contributed by atoms with van der Waals surface area (Å²) in [6.45, 7) is 1.15. The lowest BCUT2D eigenvalue weighted by Gasteiger charge is -2.30. The third-order valence-electron chi connectivity index (χ3n) is 6.56. The predicted octanol–water partition coefficient (Wildman–Crippen LogP) is 4.32. The zero-order chi connectivity index (χ0) is 25.9. The summed E-state index contributed by atoms with van der Waals surface area (Å²) < 4.78 is 7.07. The van der Waals surface area contributed by atoms with E-state index in [0.29, 0.717) is 64.1 Å². The molecule has 1 aliphatic heterocycles. The molecule has 0 saturated carbocycles. The van der Waals surface area contributed by atoms with Gasteiger partial charge in [-0.1, -0.05) is 41.6 Å². The topological polar surface area (TPSA) is 111 Å². The van der Waals surface area contributed by atoms with E-state index < -0.39 is 0 Å². The zero-order valence-electron chi connectivity index (χ0n) is 19.9. The minimum Gasteiger partial charge on any atom is -0.467 e. The van der Waals surface area contributed by atoms with Crippen LogP contribution in [0.15, 0.2) is 75.2 Å². The third-order valence-corrected chi connectivity index (χ3v) is 7.95. The van der Waals surface area contributed by atoms with E-state index in [1.807, 2.05) is 30.3 Å². The Hall–Kier alpha value is -3.56. The molecule has 4 aromatic rings. The van der Waals surface area contributed by atoms with Crippen LogP contribution in [0.1, 0.15) is 34.5 Å². The monoisotopic (exact) mass is 536 g/mol. The average molecular weight is 537 g/mol. The maximum Gasteiger partial charge on any atom is 0.262 e. The van der Waals surface area contributed by atoms with Crippen molar-refractivity contribution in [3.05, 3.63) is 93.1 Å². The van der Waals surface area contributed by atoms with Gasteiger partial charge in [0.1, 0.15) is 5.76 Å². The Bertz CT molecular complexity index is 1510. The number of aromatic nitrogens is 2. The minimum absolute atomic E-state index is 0.156. The highest BCUT2D eigenvalue weighted by molar-refractivity contribution is 7.98. The van der Waals surface area contributed by atoms with Crippen LogP contribution >= 0.6 is 23.4 Å². The molecular weight excluding hydrogens is 512 g/mol. The van der Waals surface area contributed by atoms with E-state index in [0.717, 1.165) is 5.56 Å². The van der Waals surface area contributed by atoms with Crippen LogP contribution in [0.3, 0.4) is 0 Å². The maximum absolute atomic E-state index is 13.5. The maximum atomic E-state index is 13.5. The number of nitrogens with zero attached hydrogens (tertiary/aromatic N) is 3. The van der Waals surface area contributed by atoms with Gasteiger partial charge in [-0.3, -0.25) is 19.0 Å². The summed E-state index contributed by atoms with van der Waals surface area (Å²) in [6, 6.07) is 16.1. The molecule has 190 valence electrons. The number of hydrogen-bond acceptors (Lipinski definition) is 6. The molecule has 10 heteroatoms. The summed E-state index contributed by atoms with van der Waals surface area (Å²) in [5, 5.41) is 1.56. The van der Waals surface area contributed by atoms with Crippen molar-refractivity contribution in [1.82, 2.24) is 14.5 Å². The molecule has 3 heterocycles. The lowest BCUT2D eigenvalue weighted by atomic mass is 9.96. The Labute approximate surface area is 222 Å². The lowest BCUT2D eigenvalue weighted by Crippen LogP contribution is -2.41. The SMILES string of the molecule is NC(=O)C1CCN(C(=O)c2ccc3c(=O)n(Cc4ccco4)c(SCc4ccccc4Cl)nc3c2)CC1. The fourth-order valence-electron chi connectivity index (χ4n) is 4.45. The van der Waals surface area contributed by atoms with Crippen molar-refractivity contribution in [2.75, 3.05) is 13.1 Å². The molecule has 0 unspecified atom stereocenters. The van der Waals surface area contributed by atoms with Crippen LogP contribution < -0.4 is 11.3 Å². The number of halogens is 1. The number of primary amides is 1. The van der Waals surface area contributed by atoms with Crippen LogP contribution in [0.2, 0.25) is 5.02 Å². The van der Waals surface area contributed by atoms with Crippen LogP contribution in [0.25, 0.3) is 10.9 Å². The van der Waals surface area contributed by atoms with Gasteiger partial charge in [-0.15, -0.1) is 0 Å². The Morgan fingerprint density at radius 1 is 1.11 bits per heavy atom. The molecule has 1 fully saturated rings. The molecule has 2 aromatic heterocycles. The molecule has 37 heavy (non-hydrogen) atoms. The van der Waals surface area contributed by atoms with Gasteiger partial charge in [0, 0.05) is 35.3 Å². The van der Waals surface area contributed by atoms with E-state index in [2.05, 4.69) is 0 Å². The van der Waals surface area contributed by atoms with Gasteiger partial charge in [-0.05, 0) is 54.8 Å². The van der Waals surface area contributed by atoms with Crippen molar-refractivity contribution < 1.29 is 14.0 Å². The quantitative estimate of drug-likeness (QED) is 0.278. The van der Waals surface area contributed by atoms with Crippen molar-refractivity contribution in [3.63, 3.8) is 0 Å². The van der Waals surface area contributed by atoms with E-state index in [-0.39, 0.29) is 29.8 Å². The van der Waals surface area contributed by atoms with Crippen LogP contribution in [0.4, 0.5) is 0 Å². The molecule has 2 amide bonds. The molecule has 8 nitrogen and oxygen atoms in total. The molecule has 1 aliphatic rings. The molecule has 1 saturated heterocycles. The Morgan fingerprint density at radius 3 is 2.59 bits per heavy atom. The van der Waals surface area contributed by atoms with Gasteiger partial charge in [0.25, 0.3) is 11.5 Å². The van der Waals surface area contributed by atoms with Gasteiger partial charge in [-0.2, -0.15) is 0 Å². The molecule has 0 bridgehead atoms.